The van der Waals surface area contributed by atoms with Crippen molar-refractivity contribution in [3.8, 4) is 17.2 Å². The van der Waals surface area contributed by atoms with E-state index in [-0.39, 0.29) is 12.5 Å². The van der Waals surface area contributed by atoms with E-state index in [0.717, 1.165) is 17.7 Å². The lowest BCUT2D eigenvalue weighted by atomic mass is 10.1. The minimum atomic E-state index is 0.232. The average molecular weight is 269 g/mol. The molecule has 0 saturated carbocycles. The van der Waals surface area contributed by atoms with Gasteiger partial charge in [-0.2, -0.15) is 11.8 Å². The van der Waals surface area contributed by atoms with Gasteiger partial charge in [0.1, 0.15) is 5.75 Å². The lowest BCUT2D eigenvalue weighted by molar-refractivity contribution is 0.174. The molecule has 1 unspecified atom stereocenters. The van der Waals surface area contributed by atoms with Gasteiger partial charge in [-0.3, -0.25) is 0 Å². The first-order valence-corrected chi connectivity index (χ1v) is 7.47. The van der Waals surface area contributed by atoms with E-state index in [9.17, 15) is 5.11 Å². The van der Waals surface area contributed by atoms with Gasteiger partial charge in [0.15, 0.2) is 11.5 Å². The van der Waals surface area contributed by atoms with Crippen LogP contribution in [0.25, 0.3) is 0 Å². The number of fused-ring (bicyclic) bond motifs is 1. The second-order valence-corrected chi connectivity index (χ2v) is 5.19. The number of nitrogens with one attached hydrogen (secondary N) is 1. The van der Waals surface area contributed by atoms with Crippen LogP contribution in [0.2, 0.25) is 0 Å². The van der Waals surface area contributed by atoms with Gasteiger partial charge in [0.05, 0.1) is 0 Å². The Hall–Kier alpha value is -1.07. The number of aromatic hydroxyl groups is 1. The fourth-order valence-electron chi connectivity index (χ4n) is 1.89. The van der Waals surface area contributed by atoms with Crippen LogP contribution in [0, 0.1) is 0 Å². The number of benzene rings is 1. The van der Waals surface area contributed by atoms with Gasteiger partial charge in [-0.05, 0) is 18.7 Å². The Morgan fingerprint density at radius 2 is 2.11 bits per heavy atom. The van der Waals surface area contributed by atoms with Gasteiger partial charge in [-0.15, -0.1) is 0 Å². The molecule has 100 valence electrons. The van der Waals surface area contributed by atoms with Crippen LogP contribution < -0.4 is 14.8 Å². The molecule has 4 nitrogen and oxygen atoms in total. The summed E-state index contributed by atoms with van der Waals surface area (Å²) in [5, 5.41) is 13.4. The van der Waals surface area contributed by atoms with Crippen molar-refractivity contribution in [2.45, 2.75) is 25.9 Å². The normalized spacial score (nSPS) is 14.8. The molecule has 2 rings (SSSR count). The fraction of sp³-hybridized carbons (Fsp3) is 0.538. The molecule has 1 heterocycles. The van der Waals surface area contributed by atoms with Crippen LogP contribution in [0.1, 0.15) is 18.9 Å². The van der Waals surface area contributed by atoms with Gasteiger partial charge in [-0.1, -0.05) is 6.92 Å². The van der Waals surface area contributed by atoms with Crippen molar-refractivity contribution >= 4 is 11.8 Å². The molecule has 0 aromatic heterocycles. The van der Waals surface area contributed by atoms with Crippen LogP contribution in [0.15, 0.2) is 12.1 Å². The third kappa shape index (κ3) is 3.03. The Bertz CT molecular complexity index is 411. The van der Waals surface area contributed by atoms with Gasteiger partial charge in [0, 0.05) is 30.0 Å². The summed E-state index contributed by atoms with van der Waals surface area (Å²) in [7, 11) is 0. The number of ether oxygens (including phenoxy) is 2. The molecule has 1 aliphatic rings. The molecule has 5 heteroatoms. The van der Waals surface area contributed by atoms with Gasteiger partial charge in [0.25, 0.3) is 0 Å². The van der Waals surface area contributed by atoms with E-state index < -0.39 is 0 Å². The maximum Gasteiger partial charge on any atom is 0.231 e. The van der Waals surface area contributed by atoms with Crippen molar-refractivity contribution in [1.29, 1.82) is 0 Å². The SMILES string of the molecule is CCC(CSC)NCc1cc2c(cc1O)OCO2. The third-order valence-corrected chi connectivity index (χ3v) is 3.75. The van der Waals surface area contributed by atoms with Crippen LogP contribution in [0.4, 0.5) is 0 Å². The number of thioether (sulfide) groups is 1. The number of rotatable bonds is 6. The Labute approximate surface area is 112 Å². The Morgan fingerprint density at radius 1 is 1.39 bits per heavy atom. The van der Waals surface area contributed by atoms with Gasteiger partial charge >= 0.3 is 0 Å². The van der Waals surface area contributed by atoms with Crippen molar-refractivity contribution in [1.82, 2.24) is 5.32 Å². The van der Waals surface area contributed by atoms with E-state index in [4.69, 9.17) is 9.47 Å². The Kier molecular flexibility index (Phi) is 4.60. The fourth-order valence-corrected chi connectivity index (χ4v) is 2.65. The lowest BCUT2D eigenvalue weighted by Gasteiger charge is -2.16. The summed E-state index contributed by atoms with van der Waals surface area (Å²) < 4.78 is 10.5. The number of phenols is 1. The first-order chi connectivity index (χ1) is 8.74. The van der Waals surface area contributed by atoms with Crippen LogP contribution in [-0.4, -0.2) is 29.9 Å². The quantitative estimate of drug-likeness (QED) is 0.830. The van der Waals surface area contributed by atoms with Gasteiger partial charge in [-0.25, -0.2) is 0 Å². The predicted molar refractivity (Wildman–Crippen MR) is 73.5 cm³/mol. The highest BCUT2D eigenvalue weighted by Gasteiger charge is 2.17. The van der Waals surface area contributed by atoms with E-state index >= 15 is 0 Å². The minimum absolute atomic E-state index is 0.232. The summed E-state index contributed by atoms with van der Waals surface area (Å²) >= 11 is 1.82. The van der Waals surface area contributed by atoms with E-state index in [1.807, 2.05) is 17.8 Å². The van der Waals surface area contributed by atoms with E-state index in [1.165, 1.54) is 0 Å². The maximum atomic E-state index is 9.91. The molecular weight excluding hydrogens is 250 g/mol. The third-order valence-electron chi connectivity index (χ3n) is 3.02. The van der Waals surface area contributed by atoms with E-state index in [1.54, 1.807) is 6.07 Å². The second-order valence-electron chi connectivity index (χ2n) is 4.28. The summed E-state index contributed by atoms with van der Waals surface area (Å²) in [4.78, 5) is 0. The summed E-state index contributed by atoms with van der Waals surface area (Å²) in [6.07, 6.45) is 3.18. The molecule has 0 amide bonds. The molecule has 1 atom stereocenters. The Morgan fingerprint density at radius 3 is 2.78 bits per heavy atom. The zero-order valence-electron chi connectivity index (χ0n) is 10.7. The largest absolute Gasteiger partial charge is 0.507 e. The zero-order chi connectivity index (χ0) is 13.0. The van der Waals surface area contributed by atoms with Crippen LogP contribution in [-0.2, 0) is 6.54 Å². The molecule has 18 heavy (non-hydrogen) atoms. The maximum absolute atomic E-state index is 9.91. The minimum Gasteiger partial charge on any atom is -0.507 e. The van der Waals surface area contributed by atoms with Crippen LogP contribution >= 0.6 is 11.8 Å². The number of hydrogen-bond donors (Lipinski definition) is 2. The van der Waals surface area contributed by atoms with Crippen molar-refractivity contribution in [3.63, 3.8) is 0 Å². The topological polar surface area (TPSA) is 50.7 Å². The van der Waals surface area contributed by atoms with Crippen LogP contribution in [0.3, 0.4) is 0 Å². The second kappa shape index (κ2) is 6.20. The highest BCUT2D eigenvalue weighted by molar-refractivity contribution is 7.98. The smallest absolute Gasteiger partial charge is 0.231 e. The van der Waals surface area contributed by atoms with Crippen molar-refractivity contribution in [2.75, 3.05) is 18.8 Å². The molecule has 0 aliphatic carbocycles. The summed E-state index contributed by atoms with van der Waals surface area (Å²) in [5.41, 5.74) is 0.846. The molecule has 0 fully saturated rings. The number of hydrogen-bond acceptors (Lipinski definition) is 5. The molecule has 0 radical (unpaired) electrons. The highest BCUT2D eigenvalue weighted by atomic mass is 32.2. The predicted octanol–water partition coefficient (Wildman–Crippen LogP) is 2.35. The molecule has 1 aromatic rings. The molecule has 0 saturated heterocycles. The molecule has 1 aliphatic heterocycles. The van der Waals surface area contributed by atoms with Crippen molar-refractivity contribution in [2.24, 2.45) is 0 Å². The van der Waals surface area contributed by atoms with Crippen molar-refractivity contribution < 1.29 is 14.6 Å². The van der Waals surface area contributed by atoms with E-state index in [0.29, 0.717) is 24.1 Å². The number of phenolic OH excluding ortho intramolecular Hbond substituents is 1. The van der Waals surface area contributed by atoms with Crippen LogP contribution in [0.5, 0.6) is 17.2 Å². The lowest BCUT2D eigenvalue weighted by Crippen LogP contribution is -2.30. The first kappa shape index (κ1) is 13.4. The van der Waals surface area contributed by atoms with E-state index in [2.05, 4.69) is 18.5 Å². The molecule has 0 bridgehead atoms. The summed E-state index contributed by atoms with van der Waals surface area (Å²) in [5.74, 6) is 2.66. The summed E-state index contributed by atoms with van der Waals surface area (Å²) in [6.45, 7) is 3.03. The Balaban J connectivity index is 2.01. The monoisotopic (exact) mass is 269 g/mol. The highest BCUT2D eigenvalue weighted by Crippen LogP contribution is 2.37. The van der Waals surface area contributed by atoms with Gasteiger partial charge in [0.2, 0.25) is 6.79 Å². The first-order valence-electron chi connectivity index (χ1n) is 6.08. The standard InChI is InChI=1S/C13H19NO3S/c1-3-10(7-18-2)14-6-9-4-12-13(5-11(9)15)17-8-16-12/h4-5,10,14-15H,3,6-8H2,1-2H3. The molecule has 1 aromatic carbocycles. The summed E-state index contributed by atoms with van der Waals surface area (Å²) in [6, 6.07) is 3.93. The van der Waals surface area contributed by atoms with Gasteiger partial charge < -0.3 is 19.9 Å². The molecule has 2 N–H and O–H groups in total. The molecular formula is C13H19NO3S. The average Bonchev–Trinajstić information content (AvgIpc) is 2.81. The van der Waals surface area contributed by atoms with Crippen molar-refractivity contribution in [3.05, 3.63) is 17.7 Å². The molecule has 0 spiro atoms. The zero-order valence-corrected chi connectivity index (χ0v) is 11.5.